The molecule has 2 heterocycles. The number of benzene rings is 1. The highest BCUT2D eigenvalue weighted by Gasteiger charge is 2.33. The van der Waals surface area contributed by atoms with Gasteiger partial charge < -0.3 is 10.4 Å². The molecule has 0 bridgehead atoms. The van der Waals surface area contributed by atoms with Gasteiger partial charge in [-0.05, 0) is 50.3 Å². The van der Waals surface area contributed by atoms with Gasteiger partial charge in [-0.1, -0.05) is 36.3 Å². The van der Waals surface area contributed by atoms with E-state index in [1.54, 1.807) is 19.1 Å². The molecule has 2 aliphatic rings. The predicted molar refractivity (Wildman–Crippen MR) is 117 cm³/mol. The normalized spacial score (nSPS) is 20.7. The van der Waals surface area contributed by atoms with Gasteiger partial charge in [0.15, 0.2) is 5.13 Å². The van der Waals surface area contributed by atoms with E-state index in [1.165, 1.54) is 15.6 Å². The maximum Gasteiger partial charge on any atom is 0.243 e. The third-order valence-electron chi connectivity index (χ3n) is 5.95. The van der Waals surface area contributed by atoms with Gasteiger partial charge in [-0.3, -0.25) is 4.79 Å². The third-order valence-corrected chi connectivity index (χ3v) is 9.08. The Morgan fingerprint density at radius 3 is 2.63 bits per heavy atom. The summed E-state index contributed by atoms with van der Waals surface area (Å²) in [4.78, 5) is 18.0. The number of aliphatic hydroxyl groups excluding tert-OH is 1. The Morgan fingerprint density at radius 2 is 1.97 bits per heavy atom. The number of sulfonamides is 1. The number of rotatable bonds is 5. The lowest BCUT2D eigenvalue weighted by Gasteiger charge is -2.18. The van der Waals surface area contributed by atoms with Gasteiger partial charge in [-0.15, -0.1) is 0 Å². The highest BCUT2D eigenvalue weighted by atomic mass is 32.2. The molecule has 0 unspecified atom stereocenters. The molecule has 1 aromatic heterocycles. The van der Waals surface area contributed by atoms with Crippen molar-refractivity contribution in [2.75, 3.05) is 18.4 Å². The number of hydrogen-bond donors (Lipinski definition) is 2. The Labute approximate surface area is 181 Å². The van der Waals surface area contributed by atoms with Gasteiger partial charge in [-0.2, -0.15) is 4.31 Å². The van der Waals surface area contributed by atoms with Crippen molar-refractivity contribution >= 4 is 32.4 Å². The van der Waals surface area contributed by atoms with Crippen molar-refractivity contribution in [2.24, 2.45) is 5.92 Å². The molecular formula is C21H27N3O4S2. The van der Waals surface area contributed by atoms with Gasteiger partial charge in [0.2, 0.25) is 15.9 Å². The molecular weight excluding hydrogens is 422 g/mol. The van der Waals surface area contributed by atoms with Crippen molar-refractivity contribution in [1.29, 1.82) is 0 Å². The first kappa shape index (κ1) is 21.4. The molecule has 1 aliphatic heterocycles. The number of aromatic nitrogens is 1. The van der Waals surface area contributed by atoms with Gasteiger partial charge in [0.1, 0.15) is 0 Å². The lowest BCUT2D eigenvalue weighted by molar-refractivity contribution is -0.119. The molecule has 1 amide bonds. The molecule has 2 N–H and O–H groups in total. The van der Waals surface area contributed by atoms with Crippen molar-refractivity contribution < 1.29 is 18.3 Å². The summed E-state index contributed by atoms with van der Waals surface area (Å²) in [6.07, 6.45) is 3.87. The minimum Gasteiger partial charge on any atom is -0.392 e. The number of β-amino-alcohol motifs (C(OH)–C–C–N with tert-alkyl or cyclic N) is 1. The zero-order valence-corrected chi connectivity index (χ0v) is 18.9. The van der Waals surface area contributed by atoms with E-state index in [2.05, 4.69) is 10.3 Å². The Hall–Kier alpha value is -1.81. The van der Waals surface area contributed by atoms with Gasteiger partial charge in [0.05, 0.1) is 21.6 Å². The Bertz CT molecular complexity index is 1060. The number of carbonyl (C=O) groups excluding carboxylic acids is 1. The summed E-state index contributed by atoms with van der Waals surface area (Å²) in [5.41, 5.74) is 2.18. The van der Waals surface area contributed by atoms with Crippen LogP contribution < -0.4 is 5.32 Å². The van der Waals surface area contributed by atoms with E-state index in [4.69, 9.17) is 0 Å². The first-order valence-corrected chi connectivity index (χ1v) is 12.6. The molecule has 1 aromatic carbocycles. The number of aliphatic hydroxyl groups is 1. The van der Waals surface area contributed by atoms with Crippen LogP contribution >= 0.6 is 11.3 Å². The number of amides is 1. The maximum absolute atomic E-state index is 13.1. The second kappa shape index (κ2) is 8.37. The lowest BCUT2D eigenvalue weighted by Crippen LogP contribution is -2.30. The molecule has 4 rings (SSSR count). The third kappa shape index (κ3) is 4.16. The second-order valence-corrected chi connectivity index (χ2v) is 11.1. The van der Waals surface area contributed by atoms with E-state index in [1.807, 2.05) is 13.0 Å². The van der Waals surface area contributed by atoms with Crippen molar-refractivity contribution in [3.63, 3.8) is 0 Å². The number of nitrogens with one attached hydrogen (secondary N) is 1. The van der Waals surface area contributed by atoms with Crippen LogP contribution in [0.25, 0.3) is 10.4 Å². The summed E-state index contributed by atoms with van der Waals surface area (Å²) in [7, 11) is -3.68. The van der Waals surface area contributed by atoms with Crippen LogP contribution in [0, 0.1) is 19.8 Å². The number of nitrogens with zero attached hydrogens (tertiary/aromatic N) is 2. The molecule has 1 saturated heterocycles. The summed E-state index contributed by atoms with van der Waals surface area (Å²) in [6, 6.07) is 5.36. The molecule has 0 spiro atoms. The van der Waals surface area contributed by atoms with Crippen LogP contribution in [0.1, 0.15) is 43.4 Å². The van der Waals surface area contributed by atoms with Gasteiger partial charge in [0, 0.05) is 19.0 Å². The highest BCUT2D eigenvalue weighted by molar-refractivity contribution is 7.89. The van der Waals surface area contributed by atoms with Gasteiger partial charge >= 0.3 is 0 Å². The minimum absolute atomic E-state index is 0.0209. The summed E-state index contributed by atoms with van der Waals surface area (Å²) >= 11 is 1.37. The summed E-state index contributed by atoms with van der Waals surface area (Å²) < 4.78 is 27.6. The standard InChI is InChI=1S/C21H27N3O4S2/c1-13-7-8-16(11-18(13)30(27,28)24-10-9-17(25)12-24)19-14(2)22-21(29-19)23-20(26)15-5-3-4-6-15/h7-8,11,15,17,25H,3-6,9-10,12H2,1-2H3,(H,22,23,26)/t17-/m0/s1. The lowest BCUT2D eigenvalue weighted by atomic mass is 10.1. The number of aryl methyl sites for hydroxylation is 2. The zero-order valence-electron chi connectivity index (χ0n) is 17.2. The number of carbonyl (C=O) groups is 1. The predicted octanol–water partition coefficient (Wildman–Crippen LogP) is 3.31. The van der Waals surface area contributed by atoms with E-state index in [0.717, 1.165) is 41.8 Å². The van der Waals surface area contributed by atoms with E-state index in [9.17, 15) is 18.3 Å². The molecule has 1 atom stereocenters. The van der Waals surface area contributed by atoms with Crippen LogP contribution in [0.15, 0.2) is 23.1 Å². The maximum atomic E-state index is 13.1. The molecule has 7 nitrogen and oxygen atoms in total. The molecule has 162 valence electrons. The van der Waals surface area contributed by atoms with Crippen molar-refractivity contribution in [2.45, 2.75) is 57.0 Å². The monoisotopic (exact) mass is 449 g/mol. The van der Waals surface area contributed by atoms with Crippen LogP contribution in [-0.4, -0.2) is 47.9 Å². The quantitative estimate of drug-likeness (QED) is 0.730. The fraction of sp³-hybridized carbons (Fsp3) is 0.524. The Morgan fingerprint density at radius 1 is 1.23 bits per heavy atom. The fourth-order valence-corrected chi connectivity index (χ4v) is 6.91. The SMILES string of the molecule is Cc1ccc(-c2sc(NC(=O)C3CCCC3)nc2C)cc1S(=O)(=O)N1CC[C@H](O)C1. The molecule has 1 aliphatic carbocycles. The van der Waals surface area contributed by atoms with Crippen LogP contribution in [0.2, 0.25) is 0 Å². The smallest absolute Gasteiger partial charge is 0.243 e. The average Bonchev–Trinajstić information content (AvgIpc) is 3.43. The Kier molecular flexibility index (Phi) is 5.98. The number of hydrogen-bond acceptors (Lipinski definition) is 6. The summed E-state index contributed by atoms with van der Waals surface area (Å²) in [5.74, 6) is 0.0807. The van der Waals surface area contributed by atoms with E-state index in [0.29, 0.717) is 23.7 Å². The second-order valence-electron chi connectivity index (χ2n) is 8.19. The van der Waals surface area contributed by atoms with Crippen LogP contribution in [0.5, 0.6) is 0 Å². The van der Waals surface area contributed by atoms with Crippen LogP contribution in [-0.2, 0) is 14.8 Å². The zero-order chi connectivity index (χ0) is 21.5. The van der Waals surface area contributed by atoms with Gasteiger partial charge in [0.25, 0.3) is 0 Å². The molecule has 2 aromatic rings. The Balaban J connectivity index is 1.61. The molecule has 1 saturated carbocycles. The van der Waals surface area contributed by atoms with Crippen molar-refractivity contribution in [3.8, 4) is 10.4 Å². The highest BCUT2D eigenvalue weighted by Crippen LogP contribution is 2.36. The minimum atomic E-state index is -3.68. The first-order valence-electron chi connectivity index (χ1n) is 10.3. The number of anilines is 1. The van der Waals surface area contributed by atoms with E-state index < -0.39 is 16.1 Å². The van der Waals surface area contributed by atoms with E-state index in [-0.39, 0.29) is 23.3 Å². The topological polar surface area (TPSA) is 99.6 Å². The largest absolute Gasteiger partial charge is 0.392 e. The average molecular weight is 450 g/mol. The van der Waals surface area contributed by atoms with Gasteiger partial charge in [-0.25, -0.2) is 13.4 Å². The molecule has 0 radical (unpaired) electrons. The molecule has 2 fully saturated rings. The van der Waals surface area contributed by atoms with Crippen molar-refractivity contribution in [1.82, 2.24) is 9.29 Å². The summed E-state index contributed by atoms with van der Waals surface area (Å²) in [6.45, 7) is 4.09. The van der Waals surface area contributed by atoms with Crippen LogP contribution in [0.3, 0.4) is 0 Å². The summed E-state index contributed by atoms with van der Waals surface area (Å²) in [5, 5.41) is 13.2. The number of thiazole rings is 1. The van der Waals surface area contributed by atoms with E-state index >= 15 is 0 Å². The molecule has 30 heavy (non-hydrogen) atoms. The van der Waals surface area contributed by atoms with Crippen LogP contribution in [0.4, 0.5) is 5.13 Å². The molecule has 9 heteroatoms. The fourth-order valence-electron chi connectivity index (χ4n) is 4.20. The first-order chi connectivity index (χ1) is 14.3. The van der Waals surface area contributed by atoms with Crippen molar-refractivity contribution in [3.05, 3.63) is 29.5 Å².